The van der Waals surface area contributed by atoms with Crippen LogP contribution in [0.15, 0.2) is 53.7 Å². The number of aromatic amines is 1. The van der Waals surface area contributed by atoms with Crippen molar-refractivity contribution in [3.8, 4) is 0 Å². The van der Waals surface area contributed by atoms with E-state index in [2.05, 4.69) is 59.5 Å². The number of nitrogens with zero attached hydrogens (tertiary/aromatic N) is 1. The Balaban J connectivity index is 1.91. The molecule has 0 amide bonds. The minimum absolute atomic E-state index is 1.05. The molecule has 2 nitrogen and oxygen atoms in total. The lowest BCUT2D eigenvalue weighted by Gasteiger charge is -2.00. The summed E-state index contributed by atoms with van der Waals surface area (Å²) in [5.41, 5.74) is 7.12. The van der Waals surface area contributed by atoms with Crippen LogP contribution in [0.2, 0.25) is 0 Å². The summed E-state index contributed by atoms with van der Waals surface area (Å²) in [5.74, 6) is 0. The zero-order valence-corrected chi connectivity index (χ0v) is 11.2. The molecule has 20 heavy (non-hydrogen) atoms. The zero-order chi connectivity index (χ0) is 13.5. The number of para-hydroxylation sites is 1. The summed E-state index contributed by atoms with van der Waals surface area (Å²) in [4.78, 5) is 7.80. The molecule has 4 rings (SSSR count). The normalized spacial score (nSPS) is 15.2. The predicted octanol–water partition coefficient (Wildman–Crippen LogP) is 4.73. The number of benzene rings is 2. The third-order valence-electron chi connectivity index (χ3n) is 3.81. The van der Waals surface area contributed by atoms with Gasteiger partial charge in [-0.3, -0.25) is 4.99 Å². The van der Waals surface area contributed by atoms with Crippen molar-refractivity contribution in [2.45, 2.75) is 6.92 Å². The molecule has 2 heteroatoms. The van der Waals surface area contributed by atoms with Crippen molar-refractivity contribution in [3.05, 3.63) is 65.4 Å². The molecular weight excluding hydrogens is 244 g/mol. The molecule has 1 aromatic heterocycles. The van der Waals surface area contributed by atoms with Gasteiger partial charge in [0.05, 0.1) is 5.69 Å². The number of fused-ring (bicyclic) bond motifs is 2. The predicted molar refractivity (Wildman–Crippen MR) is 85.5 cm³/mol. The molecule has 0 unspecified atom stereocenters. The lowest BCUT2D eigenvalue weighted by atomic mass is 10.0. The maximum absolute atomic E-state index is 4.46. The van der Waals surface area contributed by atoms with Crippen LogP contribution in [0.3, 0.4) is 0 Å². The lowest BCUT2D eigenvalue weighted by Crippen LogP contribution is -1.81. The van der Waals surface area contributed by atoms with E-state index in [1.807, 2.05) is 18.3 Å². The molecule has 1 N–H and O–H groups in total. The summed E-state index contributed by atoms with van der Waals surface area (Å²) in [6.07, 6.45) is 6.22. The van der Waals surface area contributed by atoms with Crippen molar-refractivity contribution in [1.82, 2.24) is 4.98 Å². The van der Waals surface area contributed by atoms with Crippen molar-refractivity contribution in [3.63, 3.8) is 0 Å². The van der Waals surface area contributed by atoms with Crippen LogP contribution >= 0.6 is 0 Å². The van der Waals surface area contributed by atoms with Crippen LogP contribution in [0, 0.1) is 6.92 Å². The fourth-order valence-electron chi connectivity index (χ4n) is 2.83. The first-order valence-corrected chi connectivity index (χ1v) is 6.75. The van der Waals surface area contributed by atoms with Crippen molar-refractivity contribution in [1.29, 1.82) is 0 Å². The Morgan fingerprint density at radius 3 is 2.90 bits per heavy atom. The van der Waals surface area contributed by atoms with Gasteiger partial charge in [-0.25, -0.2) is 0 Å². The number of aryl methyl sites for hydroxylation is 1. The van der Waals surface area contributed by atoms with E-state index >= 15 is 0 Å². The second-order valence-corrected chi connectivity index (χ2v) is 5.12. The van der Waals surface area contributed by atoms with E-state index in [1.165, 1.54) is 33.2 Å². The number of rotatable bonds is 1. The standard InChI is InChI=1S/C18H14N2/c1-12-5-4-8-17-18(12)14(11-20-17)9-13-10-19-16-7-3-2-6-15(13)16/h2-11,20H,1H3/b13-9-. The number of nitrogens with one attached hydrogen (secondary N) is 1. The Hall–Kier alpha value is -2.61. The first kappa shape index (κ1) is 11.2. The Labute approximate surface area is 117 Å². The quantitative estimate of drug-likeness (QED) is 0.653. The van der Waals surface area contributed by atoms with Gasteiger partial charge in [-0.15, -0.1) is 0 Å². The first-order valence-electron chi connectivity index (χ1n) is 6.75. The Morgan fingerprint density at radius 2 is 1.95 bits per heavy atom. The summed E-state index contributed by atoms with van der Waals surface area (Å²) in [6.45, 7) is 2.15. The molecular formula is C18H14N2. The SMILES string of the molecule is Cc1cccc2[nH]cc(/C=C3/C=Nc4ccccc43)c12. The number of hydrogen-bond acceptors (Lipinski definition) is 1. The summed E-state index contributed by atoms with van der Waals surface area (Å²) in [7, 11) is 0. The van der Waals surface area contributed by atoms with Crippen molar-refractivity contribution in [2.24, 2.45) is 4.99 Å². The summed E-state index contributed by atoms with van der Waals surface area (Å²) >= 11 is 0. The lowest BCUT2D eigenvalue weighted by molar-refractivity contribution is 1.46. The van der Waals surface area contributed by atoms with E-state index in [0.717, 1.165) is 5.69 Å². The molecule has 0 spiro atoms. The highest BCUT2D eigenvalue weighted by Gasteiger charge is 2.12. The first-order chi connectivity index (χ1) is 9.83. The summed E-state index contributed by atoms with van der Waals surface area (Å²) in [5, 5.41) is 1.29. The maximum atomic E-state index is 4.46. The minimum Gasteiger partial charge on any atom is -0.361 e. The fraction of sp³-hybridized carbons (Fsp3) is 0.0556. The van der Waals surface area contributed by atoms with E-state index in [1.54, 1.807) is 0 Å². The number of aromatic nitrogens is 1. The third kappa shape index (κ3) is 1.62. The zero-order valence-electron chi connectivity index (χ0n) is 11.2. The Morgan fingerprint density at radius 1 is 1.05 bits per heavy atom. The van der Waals surface area contributed by atoms with Gasteiger partial charge in [0.15, 0.2) is 0 Å². The number of aliphatic imine (C=N–C) groups is 1. The highest BCUT2D eigenvalue weighted by atomic mass is 14.8. The topological polar surface area (TPSA) is 28.1 Å². The van der Waals surface area contributed by atoms with E-state index in [-0.39, 0.29) is 0 Å². The molecule has 0 atom stereocenters. The fourth-order valence-corrected chi connectivity index (χ4v) is 2.83. The highest BCUT2D eigenvalue weighted by Crippen LogP contribution is 2.33. The van der Waals surface area contributed by atoms with Crippen LogP contribution in [-0.2, 0) is 0 Å². The van der Waals surface area contributed by atoms with Gasteiger partial charge in [0.25, 0.3) is 0 Å². The van der Waals surface area contributed by atoms with Gasteiger partial charge in [0.1, 0.15) is 0 Å². The largest absolute Gasteiger partial charge is 0.361 e. The molecule has 0 saturated heterocycles. The second-order valence-electron chi connectivity index (χ2n) is 5.12. The van der Waals surface area contributed by atoms with Crippen LogP contribution in [0.4, 0.5) is 5.69 Å². The average molecular weight is 258 g/mol. The second kappa shape index (κ2) is 4.20. The molecule has 0 radical (unpaired) electrons. The summed E-state index contributed by atoms with van der Waals surface area (Å²) < 4.78 is 0. The van der Waals surface area contributed by atoms with Crippen LogP contribution < -0.4 is 0 Å². The smallest absolute Gasteiger partial charge is 0.0708 e. The van der Waals surface area contributed by atoms with Gasteiger partial charge in [-0.2, -0.15) is 0 Å². The highest BCUT2D eigenvalue weighted by molar-refractivity contribution is 6.22. The summed E-state index contributed by atoms with van der Waals surface area (Å²) in [6, 6.07) is 14.6. The maximum Gasteiger partial charge on any atom is 0.0708 e. The van der Waals surface area contributed by atoms with Crippen molar-refractivity contribution in [2.75, 3.05) is 0 Å². The molecule has 2 aromatic carbocycles. The minimum atomic E-state index is 1.05. The number of allylic oxidation sites excluding steroid dienone is 1. The van der Waals surface area contributed by atoms with Gasteiger partial charge in [-0.05, 0) is 30.7 Å². The molecule has 1 aliphatic rings. The average Bonchev–Trinajstić information content (AvgIpc) is 3.06. The molecule has 96 valence electrons. The van der Waals surface area contributed by atoms with Crippen LogP contribution in [-0.4, -0.2) is 11.2 Å². The van der Waals surface area contributed by atoms with Gasteiger partial charge in [0, 0.05) is 40.0 Å². The van der Waals surface area contributed by atoms with Crippen LogP contribution in [0.5, 0.6) is 0 Å². The monoisotopic (exact) mass is 258 g/mol. The molecule has 3 aromatic rings. The molecule has 0 saturated carbocycles. The Bertz CT molecular complexity index is 866. The van der Waals surface area contributed by atoms with E-state index in [4.69, 9.17) is 0 Å². The molecule has 0 bridgehead atoms. The number of hydrogen-bond donors (Lipinski definition) is 1. The molecule has 0 aliphatic carbocycles. The van der Waals surface area contributed by atoms with Gasteiger partial charge < -0.3 is 4.98 Å². The van der Waals surface area contributed by atoms with E-state index < -0.39 is 0 Å². The van der Waals surface area contributed by atoms with Gasteiger partial charge in [0.2, 0.25) is 0 Å². The van der Waals surface area contributed by atoms with E-state index in [0.29, 0.717) is 0 Å². The number of H-pyrrole nitrogens is 1. The van der Waals surface area contributed by atoms with Crippen molar-refractivity contribution < 1.29 is 0 Å². The van der Waals surface area contributed by atoms with Crippen LogP contribution in [0.25, 0.3) is 22.6 Å². The van der Waals surface area contributed by atoms with Crippen molar-refractivity contribution >= 4 is 34.5 Å². The third-order valence-corrected chi connectivity index (χ3v) is 3.81. The molecule has 0 fully saturated rings. The Kier molecular flexibility index (Phi) is 2.36. The van der Waals surface area contributed by atoms with Gasteiger partial charge in [-0.1, -0.05) is 30.3 Å². The molecule has 1 aliphatic heterocycles. The van der Waals surface area contributed by atoms with E-state index in [9.17, 15) is 0 Å². The molecule has 2 heterocycles. The van der Waals surface area contributed by atoms with Crippen LogP contribution in [0.1, 0.15) is 16.7 Å². The van der Waals surface area contributed by atoms with Gasteiger partial charge >= 0.3 is 0 Å².